The number of benzene rings is 1. The molecule has 1 amide bonds. The maximum Gasteiger partial charge on any atom is 0.427 e. The molecule has 0 saturated carbocycles. The molecule has 118 valence electrons. The molecule has 4 nitrogen and oxygen atoms in total. The van der Waals surface area contributed by atoms with Crippen molar-refractivity contribution in [2.75, 3.05) is 17.2 Å². The zero-order valence-electron chi connectivity index (χ0n) is 11.3. The molecule has 0 spiro atoms. The van der Waals surface area contributed by atoms with Gasteiger partial charge in [-0.3, -0.25) is 4.79 Å². The summed E-state index contributed by atoms with van der Waals surface area (Å²) < 4.78 is 38.2. The van der Waals surface area contributed by atoms with Crippen LogP contribution in [0.1, 0.15) is 10.4 Å². The van der Waals surface area contributed by atoms with Crippen molar-refractivity contribution < 1.29 is 18.0 Å². The van der Waals surface area contributed by atoms with Crippen molar-refractivity contribution in [3.63, 3.8) is 0 Å². The second kappa shape index (κ2) is 6.66. The molecule has 2 N–H and O–H groups in total. The van der Waals surface area contributed by atoms with Gasteiger partial charge in [0, 0.05) is 10.2 Å². The molecule has 0 saturated heterocycles. The van der Waals surface area contributed by atoms with Crippen molar-refractivity contribution in [1.82, 2.24) is 4.98 Å². The lowest BCUT2D eigenvalue weighted by Crippen LogP contribution is -2.22. The van der Waals surface area contributed by atoms with Gasteiger partial charge in [-0.25, -0.2) is 4.98 Å². The molecule has 0 aliphatic rings. The molecule has 9 heteroatoms. The Hall–Kier alpha value is -1.61. The van der Waals surface area contributed by atoms with Crippen LogP contribution >= 0.6 is 27.3 Å². The van der Waals surface area contributed by atoms with E-state index in [2.05, 4.69) is 31.5 Å². The Kier molecular flexibility index (Phi) is 5.07. The summed E-state index contributed by atoms with van der Waals surface area (Å²) >= 11 is 3.78. The highest BCUT2D eigenvalue weighted by Gasteiger charge is 2.33. The summed E-state index contributed by atoms with van der Waals surface area (Å²) in [5, 5.41) is 5.30. The number of nitrogens with one attached hydrogen (secondary N) is 2. The van der Waals surface area contributed by atoms with Gasteiger partial charge < -0.3 is 10.6 Å². The van der Waals surface area contributed by atoms with E-state index in [9.17, 15) is 18.0 Å². The van der Waals surface area contributed by atoms with Gasteiger partial charge in [0.25, 0.3) is 0 Å². The molecule has 2 aromatic rings. The van der Waals surface area contributed by atoms with Crippen LogP contribution in [-0.4, -0.2) is 17.4 Å². The highest BCUT2D eigenvalue weighted by atomic mass is 79.9. The fourth-order valence-electron chi connectivity index (χ4n) is 1.60. The summed E-state index contributed by atoms with van der Waals surface area (Å²) in [5.41, 5.74) is 1.52. The zero-order chi connectivity index (χ0) is 16.3. The predicted octanol–water partition coefficient (Wildman–Crippen LogP) is 4.28. The predicted molar refractivity (Wildman–Crippen MR) is 83.1 cm³/mol. The van der Waals surface area contributed by atoms with Gasteiger partial charge in [0.2, 0.25) is 5.91 Å². The van der Waals surface area contributed by atoms with Crippen LogP contribution in [0.5, 0.6) is 0 Å². The number of carbonyl (C=O) groups excluding carboxylic acids is 1. The standard InChI is InChI=1S/C13H11BrF3N3OS/c1-7-4-8(14)2-3-9(7)20-11(21)6-19-12-18-5-10(22-12)13(15,16)17/h2-5H,6H2,1H3,(H,18,19)(H,20,21). The molecule has 22 heavy (non-hydrogen) atoms. The van der Waals surface area contributed by atoms with Crippen LogP contribution < -0.4 is 10.6 Å². The molecule has 0 bridgehead atoms. The maximum atomic E-state index is 12.4. The monoisotopic (exact) mass is 393 g/mol. The van der Waals surface area contributed by atoms with Gasteiger partial charge in [-0.05, 0) is 30.7 Å². The Morgan fingerprint density at radius 2 is 2.14 bits per heavy atom. The molecule has 0 fully saturated rings. The van der Waals surface area contributed by atoms with Gasteiger partial charge in [0.1, 0.15) is 4.88 Å². The van der Waals surface area contributed by atoms with Crippen LogP contribution in [0.15, 0.2) is 28.9 Å². The molecule has 2 rings (SSSR count). The van der Waals surface area contributed by atoms with Crippen LogP contribution in [0.25, 0.3) is 0 Å². The summed E-state index contributed by atoms with van der Waals surface area (Å²) in [4.78, 5) is 14.6. The van der Waals surface area contributed by atoms with E-state index in [1.54, 1.807) is 12.1 Å². The average Bonchev–Trinajstić information content (AvgIpc) is 2.88. The van der Waals surface area contributed by atoms with Crippen LogP contribution in [0.3, 0.4) is 0 Å². The first kappa shape index (κ1) is 16.8. The number of halogens is 4. The molecule has 1 aromatic heterocycles. The van der Waals surface area contributed by atoms with Gasteiger partial charge in [0.05, 0.1) is 12.7 Å². The normalized spacial score (nSPS) is 11.3. The molecule has 1 aromatic carbocycles. The summed E-state index contributed by atoms with van der Waals surface area (Å²) in [7, 11) is 0. The Morgan fingerprint density at radius 1 is 1.41 bits per heavy atom. The Balaban J connectivity index is 1.91. The summed E-state index contributed by atoms with van der Waals surface area (Å²) in [6.45, 7) is 1.67. The third-order valence-corrected chi connectivity index (χ3v) is 4.14. The van der Waals surface area contributed by atoms with Crippen LogP contribution in [0.2, 0.25) is 0 Å². The number of alkyl halides is 3. The van der Waals surface area contributed by atoms with Crippen molar-refractivity contribution in [1.29, 1.82) is 0 Å². The van der Waals surface area contributed by atoms with Gasteiger partial charge >= 0.3 is 6.18 Å². The Bertz CT molecular complexity index is 687. The van der Waals surface area contributed by atoms with E-state index in [-0.39, 0.29) is 17.6 Å². The number of nitrogens with zero attached hydrogens (tertiary/aromatic N) is 1. The maximum absolute atomic E-state index is 12.4. The van der Waals surface area contributed by atoms with Gasteiger partial charge in [0.15, 0.2) is 5.13 Å². The molecule has 0 radical (unpaired) electrons. The SMILES string of the molecule is Cc1cc(Br)ccc1NC(=O)CNc1ncc(C(F)(F)F)s1. The van der Waals surface area contributed by atoms with E-state index in [0.717, 1.165) is 16.2 Å². The van der Waals surface area contributed by atoms with E-state index in [0.29, 0.717) is 17.0 Å². The lowest BCUT2D eigenvalue weighted by atomic mass is 10.2. The van der Waals surface area contributed by atoms with Crippen molar-refractivity contribution in [3.05, 3.63) is 39.3 Å². The number of thiazole rings is 1. The van der Waals surface area contributed by atoms with Gasteiger partial charge in [-0.15, -0.1) is 0 Å². The average molecular weight is 394 g/mol. The second-order valence-corrected chi connectivity index (χ2v) is 6.33. The highest BCUT2D eigenvalue weighted by molar-refractivity contribution is 9.10. The Morgan fingerprint density at radius 3 is 2.73 bits per heavy atom. The number of aryl methyl sites for hydroxylation is 1. The minimum Gasteiger partial charge on any atom is -0.352 e. The lowest BCUT2D eigenvalue weighted by molar-refractivity contribution is -0.134. The lowest BCUT2D eigenvalue weighted by Gasteiger charge is -2.09. The third kappa shape index (κ3) is 4.44. The molecule has 0 unspecified atom stereocenters. The minimum absolute atomic E-state index is 0.0509. The first-order valence-corrected chi connectivity index (χ1v) is 7.69. The van der Waals surface area contributed by atoms with Crippen molar-refractivity contribution in [2.45, 2.75) is 13.1 Å². The van der Waals surface area contributed by atoms with Crippen LogP contribution in [-0.2, 0) is 11.0 Å². The van der Waals surface area contributed by atoms with Crippen molar-refractivity contribution in [2.24, 2.45) is 0 Å². The van der Waals surface area contributed by atoms with E-state index in [1.165, 1.54) is 0 Å². The van der Waals surface area contributed by atoms with E-state index in [4.69, 9.17) is 0 Å². The number of rotatable bonds is 4. The summed E-state index contributed by atoms with van der Waals surface area (Å²) in [6.07, 6.45) is -3.68. The van der Waals surface area contributed by atoms with Crippen molar-refractivity contribution in [3.8, 4) is 0 Å². The molecular weight excluding hydrogens is 383 g/mol. The number of anilines is 2. The van der Waals surface area contributed by atoms with E-state index in [1.807, 2.05) is 13.0 Å². The summed E-state index contributed by atoms with van der Waals surface area (Å²) in [6, 6.07) is 5.37. The van der Waals surface area contributed by atoms with E-state index < -0.39 is 11.1 Å². The minimum atomic E-state index is -4.42. The topological polar surface area (TPSA) is 54.0 Å². The van der Waals surface area contributed by atoms with Gasteiger partial charge in [-0.2, -0.15) is 13.2 Å². The van der Waals surface area contributed by atoms with Gasteiger partial charge in [-0.1, -0.05) is 27.3 Å². The first-order valence-electron chi connectivity index (χ1n) is 6.08. The van der Waals surface area contributed by atoms with Crippen molar-refractivity contribution >= 4 is 44.0 Å². The number of amides is 1. The molecule has 1 heterocycles. The molecule has 0 aliphatic carbocycles. The largest absolute Gasteiger partial charge is 0.427 e. The fourth-order valence-corrected chi connectivity index (χ4v) is 2.76. The second-order valence-electron chi connectivity index (χ2n) is 4.39. The highest BCUT2D eigenvalue weighted by Crippen LogP contribution is 2.34. The van der Waals surface area contributed by atoms with Crippen LogP contribution in [0.4, 0.5) is 24.0 Å². The van der Waals surface area contributed by atoms with Crippen LogP contribution in [0, 0.1) is 6.92 Å². The smallest absolute Gasteiger partial charge is 0.352 e. The molecule has 0 atom stereocenters. The number of hydrogen-bond acceptors (Lipinski definition) is 4. The number of aromatic nitrogens is 1. The Labute approximate surface area is 136 Å². The molecule has 0 aliphatic heterocycles. The third-order valence-electron chi connectivity index (χ3n) is 2.65. The quantitative estimate of drug-likeness (QED) is 0.814. The number of hydrogen-bond donors (Lipinski definition) is 2. The molecular formula is C13H11BrF3N3OS. The zero-order valence-corrected chi connectivity index (χ0v) is 13.7. The van der Waals surface area contributed by atoms with E-state index >= 15 is 0 Å². The first-order chi connectivity index (χ1) is 10.3. The summed E-state index contributed by atoms with van der Waals surface area (Å²) in [5.74, 6) is -0.366. The number of carbonyl (C=O) groups is 1. The fraction of sp³-hybridized carbons (Fsp3) is 0.231.